The Morgan fingerprint density at radius 3 is 2.69 bits per heavy atom. The molecule has 0 bridgehead atoms. The van der Waals surface area contributed by atoms with Crippen molar-refractivity contribution >= 4 is 17.0 Å². The molecule has 3 aromatic heterocycles. The van der Waals surface area contributed by atoms with Crippen molar-refractivity contribution < 1.29 is 13.9 Å². The van der Waals surface area contributed by atoms with Gasteiger partial charge < -0.3 is 9.58 Å². The van der Waals surface area contributed by atoms with Crippen molar-refractivity contribution in [3.05, 3.63) is 102 Å². The molecular formula is C33H31FN6O2. The lowest BCUT2D eigenvalue weighted by atomic mass is 9.97. The highest BCUT2D eigenvalue weighted by Crippen LogP contribution is 2.35. The monoisotopic (exact) mass is 562 g/mol. The molecule has 42 heavy (non-hydrogen) atoms. The molecule has 1 saturated carbocycles. The van der Waals surface area contributed by atoms with Gasteiger partial charge >= 0.3 is 5.97 Å². The molecule has 0 N–H and O–H groups in total. The summed E-state index contributed by atoms with van der Waals surface area (Å²) in [5.41, 5.74) is 4.01. The molecule has 9 heteroatoms. The van der Waals surface area contributed by atoms with E-state index in [9.17, 15) is 9.18 Å². The number of ether oxygens (including phenoxy) is 1. The summed E-state index contributed by atoms with van der Waals surface area (Å²) < 4.78 is 24.2. The number of hydrogen-bond acceptors (Lipinski definition) is 5. The number of hydrogen-bond donors (Lipinski definition) is 0. The number of nitrogens with zero attached hydrogens (tertiary/aromatic N) is 6. The maximum absolute atomic E-state index is 14.9. The third kappa shape index (κ3) is 5.40. The number of rotatable bonds is 9. The second-order valence-electron chi connectivity index (χ2n) is 10.8. The lowest BCUT2D eigenvalue weighted by molar-refractivity contribution is -0.148. The van der Waals surface area contributed by atoms with Gasteiger partial charge in [-0.25, -0.2) is 20.9 Å². The van der Waals surface area contributed by atoms with Crippen LogP contribution in [0.25, 0.3) is 38.3 Å². The van der Waals surface area contributed by atoms with Crippen molar-refractivity contribution in [3.63, 3.8) is 0 Å². The Bertz CT molecular complexity index is 1750. The summed E-state index contributed by atoms with van der Waals surface area (Å²) >= 11 is 0. The molecule has 0 amide bonds. The zero-order valence-corrected chi connectivity index (χ0v) is 23.4. The minimum atomic E-state index is -0.648. The summed E-state index contributed by atoms with van der Waals surface area (Å²) in [5, 5.41) is 5.42. The molecule has 212 valence electrons. The van der Waals surface area contributed by atoms with Crippen LogP contribution in [0.1, 0.15) is 50.1 Å². The first-order chi connectivity index (χ1) is 20.5. The SMILES string of the molecule is [C-]#[N+]C[C@H](C1CCCC1)n1cc(-c2ncnc3c2ccn3COC(=O)C(C)c2ccc(-c3ccccc3)c(F)c2)cn1. The highest BCUT2D eigenvalue weighted by atomic mass is 19.1. The van der Waals surface area contributed by atoms with Crippen molar-refractivity contribution in [2.75, 3.05) is 6.54 Å². The molecule has 0 aliphatic heterocycles. The Hall–Kier alpha value is -4.84. The fraction of sp³-hybridized carbons (Fsp3) is 0.303. The minimum Gasteiger partial charge on any atom is -0.443 e. The molecular weight excluding hydrogens is 531 g/mol. The first-order valence-corrected chi connectivity index (χ1v) is 14.2. The van der Waals surface area contributed by atoms with Gasteiger partial charge in [-0.2, -0.15) is 5.10 Å². The lowest BCUT2D eigenvalue weighted by Crippen LogP contribution is -2.20. The molecule has 0 spiro atoms. The largest absolute Gasteiger partial charge is 0.443 e. The topological polar surface area (TPSA) is 79.2 Å². The van der Waals surface area contributed by atoms with E-state index >= 15 is 0 Å². The maximum Gasteiger partial charge on any atom is 0.314 e. The summed E-state index contributed by atoms with van der Waals surface area (Å²) in [6.45, 7) is 9.51. The van der Waals surface area contributed by atoms with E-state index in [0.29, 0.717) is 29.2 Å². The quantitative estimate of drug-likeness (QED) is 0.142. The Labute approximate surface area is 243 Å². The van der Waals surface area contributed by atoms with Gasteiger partial charge in [0.15, 0.2) is 6.73 Å². The first-order valence-electron chi connectivity index (χ1n) is 14.2. The van der Waals surface area contributed by atoms with Crippen LogP contribution < -0.4 is 0 Å². The van der Waals surface area contributed by atoms with Gasteiger partial charge in [-0.3, -0.25) is 14.0 Å². The lowest BCUT2D eigenvalue weighted by Gasteiger charge is -2.18. The van der Waals surface area contributed by atoms with Crippen LogP contribution >= 0.6 is 0 Å². The van der Waals surface area contributed by atoms with Crippen LogP contribution in [0, 0.1) is 18.3 Å². The summed E-state index contributed by atoms with van der Waals surface area (Å²) in [7, 11) is 0. The molecule has 8 nitrogen and oxygen atoms in total. The van der Waals surface area contributed by atoms with Crippen molar-refractivity contribution in [1.29, 1.82) is 0 Å². The van der Waals surface area contributed by atoms with Crippen LogP contribution in [0.4, 0.5) is 4.39 Å². The number of esters is 1. The average molecular weight is 563 g/mol. The molecule has 2 aromatic carbocycles. The number of fused-ring (bicyclic) bond motifs is 1. The van der Waals surface area contributed by atoms with E-state index in [1.807, 2.05) is 47.3 Å². The Morgan fingerprint density at radius 1 is 1.12 bits per heavy atom. The smallest absolute Gasteiger partial charge is 0.314 e. The van der Waals surface area contributed by atoms with E-state index in [1.54, 1.807) is 36.0 Å². The van der Waals surface area contributed by atoms with Crippen molar-refractivity contribution in [1.82, 2.24) is 24.3 Å². The van der Waals surface area contributed by atoms with Gasteiger partial charge in [-0.05, 0) is 48.9 Å². The van der Waals surface area contributed by atoms with E-state index < -0.39 is 11.9 Å². The van der Waals surface area contributed by atoms with Gasteiger partial charge in [0.2, 0.25) is 6.54 Å². The number of aromatic nitrogens is 5. The molecule has 1 aliphatic rings. The third-order valence-electron chi connectivity index (χ3n) is 8.27. The minimum absolute atomic E-state index is 0.0400. The number of benzene rings is 2. The molecule has 3 heterocycles. The van der Waals surface area contributed by atoms with Crippen LogP contribution in [0.15, 0.2) is 79.5 Å². The maximum atomic E-state index is 14.9. The molecule has 2 atom stereocenters. The highest BCUT2D eigenvalue weighted by Gasteiger charge is 2.29. The molecule has 6 rings (SSSR count). The average Bonchev–Trinajstić information content (AvgIpc) is 3.80. The molecule has 1 fully saturated rings. The van der Waals surface area contributed by atoms with Crippen LogP contribution in [-0.2, 0) is 16.3 Å². The van der Waals surface area contributed by atoms with Gasteiger partial charge in [0.25, 0.3) is 0 Å². The highest BCUT2D eigenvalue weighted by molar-refractivity contribution is 5.90. The molecule has 1 unspecified atom stereocenters. The van der Waals surface area contributed by atoms with Crippen molar-refractivity contribution in [3.8, 4) is 22.4 Å². The Morgan fingerprint density at radius 2 is 1.93 bits per heavy atom. The predicted octanol–water partition coefficient (Wildman–Crippen LogP) is 7.06. The van der Waals surface area contributed by atoms with Crippen LogP contribution in [0.5, 0.6) is 0 Å². The van der Waals surface area contributed by atoms with Gasteiger partial charge in [0, 0.05) is 28.9 Å². The molecule has 1 aliphatic carbocycles. The third-order valence-corrected chi connectivity index (χ3v) is 8.27. The number of carbonyl (C=O) groups is 1. The van der Waals surface area contributed by atoms with Crippen molar-refractivity contribution in [2.24, 2.45) is 5.92 Å². The first kappa shape index (κ1) is 27.3. The van der Waals surface area contributed by atoms with Gasteiger partial charge in [0.05, 0.1) is 17.8 Å². The zero-order valence-electron chi connectivity index (χ0n) is 23.4. The van der Waals surface area contributed by atoms with Crippen molar-refractivity contribution in [2.45, 2.75) is 51.3 Å². The van der Waals surface area contributed by atoms with Gasteiger partial charge in [0.1, 0.15) is 23.8 Å². The fourth-order valence-electron chi connectivity index (χ4n) is 5.91. The summed E-state index contributed by atoms with van der Waals surface area (Å²) in [6.07, 6.45) is 11.7. The normalized spacial score (nSPS) is 15.0. The van der Waals surface area contributed by atoms with Gasteiger partial charge in [-0.1, -0.05) is 55.3 Å². The van der Waals surface area contributed by atoms with E-state index in [1.165, 1.54) is 25.2 Å². The number of carbonyl (C=O) groups excluding carboxylic acids is 1. The summed E-state index contributed by atoms with van der Waals surface area (Å²) in [4.78, 5) is 25.6. The van der Waals surface area contributed by atoms with Crippen LogP contribution in [0.3, 0.4) is 0 Å². The summed E-state index contributed by atoms with van der Waals surface area (Å²) in [6, 6.07) is 16.1. The number of halogens is 1. The summed E-state index contributed by atoms with van der Waals surface area (Å²) in [5.74, 6) is -1.03. The second-order valence-corrected chi connectivity index (χ2v) is 10.8. The standard InChI is InChI=1S/C33H31FN6O2/c1-22(25-12-13-27(29(34)16-25)23-8-4-3-5-9-23)33(41)42-21-39-15-14-28-31(36-20-37-32(28)39)26-17-38-40(19-26)30(18-35-2)24-10-6-7-11-24/h3-5,8-9,12-17,19-20,22,24,30H,6-7,10-11,18,21H2,1H3/t22?,30-/m1/s1. The fourth-order valence-corrected chi connectivity index (χ4v) is 5.91. The van der Waals surface area contributed by atoms with E-state index in [-0.39, 0.29) is 18.6 Å². The van der Waals surface area contributed by atoms with Gasteiger partial charge in [-0.15, -0.1) is 0 Å². The molecule has 5 aromatic rings. The van der Waals surface area contributed by atoms with E-state index in [0.717, 1.165) is 35.0 Å². The Kier molecular flexibility index (Phi) is 7.78. The Balaban J connectivity index is 1.16. The van der Waals surface area contributed by atoms with E-state index in [2.05, 4.69) is 19.9 Å². The van der Waals surface area contributed by atoms with Crippen LogP contribution in [0.2, 0.25) is 0 Å². The molecule has 0 saturated heterocycles. The predicted molar refractivity (Wildman–Crippen MR) is 158 cm³/mol. The zero-order chi connectivity index (χ0) is 29.1. The molecule has 0 radical (unpaired) electrons. The van der Waals surface area contributed by atoms with E-state index in [4.69, 9.17) is 11.3 Å². The van der Waals surface area contributed by atoms with Crippen LogP contribution in [-0.4, -0.2) is 36.8 Å². The second kappa shape index (κ2) is 12.0.